The van der Waals surface area contributed by atoms with Crippen molar-refractivity contribution < 1.29 is 0 Å². The Morgan fingerprint density at radius 2 is 1.86 bits per heavy atom. The average Bonchev–Trinajstić information content (AvgIpc) is 2.30. The molecule has 0 bridgehead atoms. The summed E-state index contributed by atoms with van der Waals surface area (Å²) in [5.41, 5.74) is 3.11. The van der Waals surface area contributed by atoms with Crippen LogP contribution in [0.15, 0.2) is 42.7 Å². The van der Waals surface area contributed by atoms with Crippen LogP contribution >= 0.6 is 0 Å². The van der Waals surface area contributed by atoms with Crippen molar-refractivity contribution in [3.8, 4) is 11.4 Å². The second kappa shape index (κ2) is 4.01. The fraction of sp³-hybridized carbons (Fsp3) is 0.167. The molecule has 2 heterocycles. The lowest BCUT2D eigenvalue weighted by Crippen LogP contribution is -1.88. The van der Waals surface area contributed by atoms with Gasteiger partial charge < -0.3 is 0 Å². The quantitative estimate of drug-likeness (QED) is 0.717. The van der Waals surface area contributed by atoms with Gasteiger partial charge in [-0.15, -0.1) is 0 Å². The summed E-state index contributed by atoms with van der Waals surface area (Å²) in [6.07, 6.45) is 4.71. The van der Waals surface area contributed by atoms with Gasteiger partial charge in [0.25, 0.3) is 0 Å². The van der Waals surface area contributed by atoms with Crippen molar-refractivity contribution >= 4 is 0 Å². The Kier molecular flexibility index (Phi) is 2.54. The highest BCUT2D eigenvalue weighted by atomic mass is 14.8. The first-order valence-electron chi connectivity index (χ1n) is 4.76. The van der Waals surface area contributed by atoms with Crippen molar-refractivity contribution in [2.24, 2.45) is 0 Å². The van der Waals surface area contributed by atoms with Crippen LogP contribution in [0.2, 0.25) is 0 Å². The van der Waals surface area contributed by atoms with Crippen LogP contribution in [-0.2, 0) is 6.42 Å². The summed E-state index contributed by atoms with van der Waals surface area (Å²) in [5.74, 6) is 0. The molecule has 2 rings (SSSR count). The molecule has 0 radical (unpaired) electrons. The van der Waals surface area contributed by atoms with Crippen LogP contribution in [0.3, 0.4) is 0 Å². The molecule has 0 amide bonds. The van der Waals surface area contributed by atoms with E-state index < -0.39 is 0 Å². The fourth-order valence-electron chi connectivity index (χ4n) is 1.30. The zero-order valence-electron chi connectivity index (χ0n) is 8.14. The molecule has 0 fully saturated rings. The van der Waals surface area contributed by atoms with Gasteiger partial charge in [0, 0.05) is 12.4 Å². The van der Waals surface area contributed by atoms with Crippen molar-refractivity contribution in [1.82, 2.24) is 9.97 Å². The molecule has 0 aliphatic heterocycles. The Bertz CT molecular complexity index is 392. The Morgan fingerprint density at radius 3 is 2.43 bits per heavy atom. The molecule has 0 spiro atoms. The Hall–Kier alpha value is -1.70. The topological polar surface area (TPSA) is 25.8 Å². The van der Waals surface area contributed by atoms with Crippen LogP contribution in [0.5, 0.6) is 0 Å². The molecular formula is C12H12N2. The van der Waals surface area contributed by atoms with Crippen molar-refractivity contribution in [1.29, 1.82) is 0 Å². The standard InChI is InChI=1S/C12H12N2/c1-2-10-6-7-12(14-9-10)11-5-3-4-8-13-11/h3-9H,2H2,1H3. The lowest BCUT2D eigenvalue weighted by atomic mass is 10.2. The minimum atomic E-state index is 0.926. The van der Waals surface area contributed by atoms with Gasteiger partial charge in [0.05, 0.1) is 11.4 Å². The van der Waals surface area contributed by atoms with Crippen LogP contribution in [0.1, 0.15) is 12.5 Å². The van der Waals surface area contributed by atoms with E-state index in [4.69, 9.17) is 0 Å². The van der Waals surface area contributed by atoms with E-state index in [1.54, 1.807) is 6.20 Å². The Morgan fingerprint density at radius 1 is 1.00 bits per heavy atom. The highest BCUT2D eigenvalue weighted by Crippen LogP contribution is 2.13. The third-order valence-electron chi connectivity index (χ3n) is 2.16. The molecule has 14 heavy (non-hydrogen) atoms. The van der Waals surface area contributed by atoms with E-state index in [9.17, 15) is 0 Å². The maximum Gasteiger partial charge on any atom is 0.0886 e. The molecule has 0 saturated heterocycles. The van der Waals surface area contributed by atoms with Crippen LogP contribution in [0.25, 0.3) is 11.4 Å². The lowest BCUT2D eigenvalue weighted by Gasteiger charge is -2.00. The molecule has 2 aromatic heterocycles. The second-order valence-corrected chi connectivity index (χ2v) is 3.12. The number of aromatic nitrogens is 2. The number of hydrogen-bond acceptors (Lipinski definition) is 2. The molecular weight excluding hydrogens is 172 g/mol. The summed E-state index contributed by atoms with van der Waals surface area (Å²) >= 11 is 0. The summed E-state index contributed by atoms with van der Waals surface area (Å²) in [6, 6.07) is 9.95. The first kappa shape index (κ1) is 8.88. The first-order chi connectivity index (χ1) is 6.90. The van der Waals surface area contributed by atoms with Gasteiger partial charge in [-0.1, -0.05) is 19.1 Å². The number of rotatable bonds is 2. The third kappa shape index (κ3) is 1.79. The molecule has 0 unspecified atom stereocenters. The predicted molar refractivity (Wildman–Crippen MR) is 56.8 cm³/mol. The minimum absolute atomic E-state index is 0.926. The Labute approximate surface area is 83.7 Å². The molecule has 2 aromatic rings. The summed E-state index contributed by atoms with van der Waals surface area (Å²) in [4.78, 5) is 8.60. The van der Waals surface area contributed by atoms with Crippen molar-refractivity contribution in [2.75, 3.05) is 0 Å². The zero-order valence-corrected chi connectivity index (χ0v) is 8.14. The highest BCUT2D eigenvalue weighted by Gasteiger charge is 1.98. The number of aryl methyl sites for hydroxylation is 1. The van der Waals surface area contributed by atoms with Crippen LogP contribution in [-0.4, -0.2) is 9.97 Å². The van der Waals surface area contributed by atoms with Gasteiger partial charge in [0.15, 0.2) is 0 Å². The fourth-order valence-corrected chi connectivity index (χ4v) is 1.30. The van der Waals surface area contributed by atoms with Gasteiger partial charge in [-0.25, -0.2) is 0 Å². The van der Waals surface area contributed by atoms with Gasteiger partial charge in [0.2, 0.25) is 0 Å². The normalized spacial score (nSPS) is 10.1. The van der Waals surface area contributed by atoms with Crippen LogP contribution < -0.4 is 0 Å². The molecule has 2 nitrogen and oxygen atoms in total. The van der Waals surface area contributed by atoms with E-state index in [2.05, 4.69) is 23.0 Å². The van der Waals surface area contributed by atoms with Gasteiger partial charge in [0.1, 0.15) is 0 Å². The third-order valence-corrected chi connectivity index (χ3v) is 2.16. The molecule has 0 N–H and O–H groups in total. The molecule has 2 heteroatoms. The van der Waals surface area contributed by atoms with Crippen LogP contribution in [0.4, 0.5) is 0 Å². The highest BCUT2D eigenvalue weighted by molar-refractivity contribution is 5.53. The summed E-state index contributed by atoms with van der Waals surface area (Å²) in [7, 11) is 0. The lowest BCUT2D eigenvalue weighted by molar-refractivity contribution is 1.10. The monoisotopic (exact) mass is 184 g/mol. The van der Waals surface area contributed by atoms with Crippen molar-refractivity contribution in [2.45, 2.75) is 13.3 Å². The molecule has 0 atom stereocenters. The van der Waals surface area contributed by atoms with E-state index in [1.807, 2.05) is 30.5 Å². The SMILES string of the molecule is CCc1ccc(-c2ccccn2)nc1. The molecule has 0 saturated carbocycles. The number of hydrogen-bond donors (Lipinski definition) is 0. The van der Waals surface area contributed by atoms with E-state index in [0.717, 1.165) is 17.8 Å². The van der Waals surface area contributed by atoms with E-state index in [1.165, 1.54) is 5.56 Å². The van der Waals surface area contributed by atoms with Gasteiger partial charge in [-0.3, -0.25) is 9.97 Å². The average molecular weight is 184 g/mol. The summed E-state index contributed by atoms with van der Waals surface area (Å²) in [5, 5.41) is 0. The summed E-state index contributed by atoms with van der Waals surface area (Å²) < 4.78 is 0. The Balaban J connectivity index is 2.34. The van der Waals surface area contributed by atoms with Crippen molar-refractivity contribution in [3.63, 3.8) is 0 Å². The van der Waals surface area contributed by atoms with Gasteiger partial charge in [-0.05, 0) is 30.2 Å². The maximum absolute atomic E-state index is 4.36. The maximum atomic E-state index is 4.36. The molecule has 70 valence electrons. The van der Waals surface area contributed by atoms with E-state index in [0.29, 0.717) is 0 Å². The predicted octanol–water partition coefficient (Wildman–Crippen LogP) is 2.71. The summed E-state index contributed by atoms with van der Waals surface area (Å²) in [6.45, 7) is 2.12. The van der Waals surface area contributed by atoms with E-state index in [-0.39, 0.29) is 0 Å². The van der Waals surface area contributed by atoms with Crippen LogP contribution in [0, 0.1) is 0 Å². The van der Waals surface area contributed by atoms with Gasteiger partial charge in [-0.2, -0.15) is 0 Å². The largest absolute Gasteiger partial charge is 0.255 e. The first-order valence-corrected chi connectivity index (χ1v) is 4.76. The van der Waals surface area contributed by atoms with Gasteiger partial charge >= 0.3 is 0 Å². The second-order valence-electron chi connectivity index (χ2n) is 3.12. The minimum Gasteiger partial charge on any atom is -0.255 e. The smallest absolute Gasteiger partial charge is 0.0886 e. The van der Waals surface area contributed by atoms with E-state index >= 15 is 0 Å². The van der Waals surface area contributed by atoms with Crippen molar-refractivity contribution in [3.05, 3.63) is 48.3 Å². The molecule has 0 aliphatic rings. The number of nitrogens with zero attached hydrogens (tertiary/aromatic N) is 2. The molecule has 0 aromatic carbocycles. The zero-order chi connectivity index (χ0) is 9.80. The number of pyridine rings is 2. The molecule has 0 aliphatic carbocycles.